The van der Waals surface area contributed by atoms with Crippen LogP contribution >= 0.6 is 0 Å². The maximum absolute atomic E-state index is 12.6. The van der Waals surface area contributed by atoms with E-state index in [4.69, 9.17) is 4.74 Å². The zero-order chi connectivity index (χ0) is 15.2. The van der Waals surface area contributed by atoms with Crippen LogP contribution in [-0.4, -0.2) is 61.0 Å². The molecule has 2 rings (SSSR count). The number of piperidine rings is 1. The first-order valence-corrected chi connectivity index (χ1v) is 8.24. The maximum Gasteiger partial charge on any atom is 0.308 e. The minimum Gasteiger partial charge on any atom is -0.469 e. The lowest BCUT2D eigenvalue weighted by atomic mass is 9.96. The molecule has 120 valence electrons. The fraction of sp³-hybridized carbons (Fsp3) is 0.875. The summed E-state index contributed by atoms with van der Waals surface area (Å²) in [6.45, 7) is 5.43. The van der Waals surface area contributed by atoms with Gasteiger partial charge in [0.05, 0.1) is 19.1 Å². The number of rotatable bonds is 3. The monoisotopic (exact) mass is 296 g/mol. The predicted octanol–water partition coefficient (Wildman–Crippen LogP) is 1.66. The number of carbonyl (C=O) groups is 2. The molecule has 0 radical (unpaired) electrons. The van der Waals surface area contributed by atoms with Crippen LogP contribution in [0.1, 0.15) is 45.4 Å². The molecule has 2 fully saturated rings. The molecular formula is C16H28N2O3. The van der Waals surface area contributed by atoms with Gasteiger partial charge in [0, 0.05) is 13.1 Å². The van der Waals surface area contributed by atoms with E-state index in [2.05, 4.69) is 4.90 Å². The molecule has 0 aromatic rings. The van der Waals surface area contributed by atoms with Gasteiger partial charge in [-0.2, -0.15) is 0 Å². The van der Waals surface area contributed by atoms with Gasteiger partial charge in [-0.3, -0.25) is 14.5 Å². The first-order chi connectivity index (χ1) is 10.1. The Morgan fingerprint density at radius 2 is 1.57 bits per heavy atom. The normalized spacial score (nSPS) is 23.4. The molecule has 0 bridgehead atoms. The Labute approximate surface area is 127 Å². The molecule has 1 unspecified atom stereocenters. The molecule has 0 aromatic carbocycles. The van der Waals surface area contributed by atoms with Crippen LogP contribution in [0.3, 0.4) is 0 Å². The molecule has 0 saturated carbocycles. The van der Waals surface area contributed by atoms with Crippen molar-refractivity contribution in [1.29, 1.82) is 0 Å². The van der Waals surface area contributed by atoms with E-state index in [9.17, 15) is 9.59 Å². The zero-order valence-corrected chi connectivity index (χ0v) is 13.3. The van der Waals surface area contributed by atoms with Crippen LogP contribution in [0.15, 0.2) is 0 Å². The second-order valence-corrected chi connectivity index (χ2v) is 6.25. The van der Waals surface area contributed by atoms with Gasteiger partial charge in [0.25, 0.3) is 0 Å². The van der Waals surface area contributed by atoms with Crippen molar-refractivity contribution in [1.82, 2.24) is 9.80 Å². The van der Waals surface area contributed by atoms with E-state index in [0.29, 0.717) is 0 Å². The summed E-state index contributed by atoms with van der Waals surface area (Å²) in [6, 6.07) is -0.0679. The Hall–Kier alpha value is -1.10. The van der Waals surface area contributed by atoms with Gasteiger partial charge in [-0.15, -0.1) is 0 Å². The van der Waals surface area contributed by atoms with Crippen LogP contribution in [-0.2, 0) is 14.3 Å². The molecule has 2 aliphatic heterocycles. The van der Waals surface area contributed by atoms with Crippen molar-refractivity contribution in [3.05, 3.63) is 0 Å². The van der Waals surface area contributed by atoms with E-state index in [0.717, 1.165) is 51.9 Å². The summed E-state index contributed by atoms with van der Waals surface area (Å²) >= 11 is 0. The van der Waals surface area contributed by atoms with Gasteiger partial charge < -0.3 is 9.64 Å². The molecule has 5 heteroatoms. The number of ether oxygens (including phenoxy) is 1. The summed E-state index contributed by atoms with van der Waals surface area (Å²) < 4.78 is 4.81. The van der Waals surface area contributed by atoms with E-state index in [-0.39, 0.29) is 23.8 Å². The van der Waals surface area contributed by atoms with E-state index in [1.165, 1.54) is 20.0 Å². The average molecular weight is 296 g/mol. The van der Waals surface area contributed by atoms with Crippen molar-refractivity contribution >= 4 is 11.9 Å². The summed E-state index contributed by atoms with van der Waals surface area (Å²) in [5.74, 6) is 0.154. The second kappa shape index (κ2) is 7.78. The molecular weight excluding hydrogens is 268 g/mol. The molecule has 0 spiro atoms. The van der Waals surface area contributed by atoms with Crippen LogP contribution in [0, 0.1) is 5.92 Å². The lowest BCUT2D eigenvalue weighted by molar-refractivity contribution is -0.147. The van der Waals surface area contributed by atoms with Gasteiger partial charge in [0.2, 0.25) is 5.91 Å². The molecule has 1 amide bonds. The van der Waals surface area contributed by atoms with Gasteiger partial charge in [-0.05, 0) is 45.7 Å². The second-order valence-electron chi connectivity index (χ2n) is 6.25. The molecule has 2 heterocycles. The van der Waals surface area contributed by atoms with Crippen molar-refractivity contribution in [3.8, 4) is 0 Å². The van der Waals surface area contributed by atoms with Crippen molar-refractivity contribution < 1.29 is 14.3 Å². The van der Waals surface area contributed by atoms with E-state index in [1.807, 2.05) is 11.8 Å². The predicted molar refractivity (Wildman–Crippen MR) is 80.8 cm³/mol. The molecule has 0 N–H and O–H groups in total. The number of esters is 1. The minimum atomic E-state index is -0.110. The highest BCUT2D eigenvalue weighted by atomic mass is 16.5. The Morgan fingerprint density at radius 1 is 1.00 bits per heavy atom. The van der Waals surface area contributed by atoms with Crippen molar-refractivity contribution in [3.63, 3.8) is 0 Å². The Morgan fingerprint density at radius 3 is 2.10 bits per heavy atom. The third-order valence-electron chi connectivity index (χ3n) is 4.89. The van der Waals surface area contributed by atoms with Crippen LogP contribution in [0.2, 0.25) is 0 Å². The largest absolute Gasteiger partial charge is 0.469 e. The summed E-state index contributed by atoms with van der Waals surface area (Å²) in [7, 11) is 1.44. The highest BCUT2D eigenvalue weighted by Crippen LogP contribution is 2.21. The van der Waals surface area contributed by atoms with Crippen LogP contribution in [0.25, 0.3) is 0 Å². The van der Waals surface area contributed by atoms with Crippen molar-refractivity contribution in [2.45, 2.75) is 51.5 Å². The Kier molecular flexibility index (Phi) is 6.03. The quantitative estimate of drug-likeness (QED) is 0.743. The third-order valence-corrected chi connectivity index (χ3v) is 4.89. The van der Waals surface area contributed by atoms with Crippen LogP contribution in [0.4, 0.5) is 0 Å². The van der Waals surface area contributed by atoms with Gasteiger partial charge in [-0.25, -0.2) is 0 Å². The average Bonchev–Trinajstić information content (AvgIpc) is 2.82. The lowest BCUT2D eigenvalue weighted by Gasteiger charge is -2.36. The molecule has 2 saturated heterocycles. The number of carbonyl (C=O) groups excluding carboxylic acids is 2. The maximum atomic E-state index is 12.6. The highest BCUT2D eigenvalue weighted by molar-refractivity contribution is 5.81. The number of hydrogen-bond acceptors (Lipinski definition) is 4. The Bertz CT molecular complexity index is 357. The fourth-order valence-electron chi connectivity index (χ4n) is 3.40. The summed E-state index contributed by atoms with van der Waals surface area (Å²) in [5.41, 5.74) is 0. The molecule has 21 heavy (non-hydrogen) atoms. The van der Waals surface area contributed by atoms with Crippen molar-refractivity contribution in [2.75, 3.05) is 33.3 Å². The zero-order valence-electron chi connectivity index (χ0n) is 13.3. The SMILES string of the molecule is COC(=O)C1CCN(C(C)C(=O)N2CCCCCC2)CC1. The van der Waals surface area contributed by atoms with Gasteiger partial charge in [0.15, 0.2) is 0 Å². The van der Waals surface area contributed by atoms with Gasteiger partial charge in [-0.1, -0.05) is 12.8 Å². The van der Waals surface area contributed by atoms with Gasteiger partial charge >= 0.3 is 5.97 Å². The molecule has 0 aromatic heterocycles. The number of methoxy groups -OCH3 is 1. The number of likely N-dealkylation sites (tertiary alicyclic amines) is 2. The highest BCUT2D eigenvalue weighted by Gasteiger charge is 2.32. The first kappa shape index (κ1) is 16.3. The minimum absolute atomic E-state index is 0.00624. The number of nitrogens with zero attached hydrogens (tertiary/aromatic N) is 2. The van der Waals surface area contributed by atoms with Crippen molar-refractivity contribution in [2.24, 2.45) is 5.92 Å². The van der Waals surface area contributed by atoms with Crippen LogP contribution in [0.5, 0.6) is 0 Å². The number of hydrogen-bond donors (Lipinski definition) is 0. The third kappa shape index (κ3) is 4.19. The fourth-order valence-corrected chi connectivity index (χ4v) is 3.40. The lowest BCUT2D eigenvalue weighted by Crippen LogP contribution is -2.50. The van der Waals surface area contributed by atoms with Gasteiger partial charge in [0.1, 0.15) is 0 Å². The van der Waals surface area contributed by atoms with Crippen LogP contribution < -0.4 is 0 Å². The molecule has 2 aliphatic rings. The molecule has 1 atom stereocenters. The van der Waals surface area contributed by atoms with E-state index >= 15 is 0 Å². The van der Waals surface area contributed by atoms with E-state index in [1.54, 1.807) is 0 Å². The molecule has 0 aliphatic carbocycles. The Balaban J connectivity index is 1.84. The first-order valence-electron chi connectivity index (χ1n) is 8.24. The standard InChI is InChI=1S/C16H28N2O3/c1-13(15(19)18-9-5-3-4-6-10-18)17-11-7-14(8-12-17)16(20)21-2/h13-14H,3-12H2,1-2H3. The summed E-state index contributed by atoms with van der Waals surface area (Å²) in [5, 5.41) is 0. The van der Waals surface area contributed by atoms with E-state index < -0.39 is 0 Å². The molecule has 5 nitrogen and oxygen atoms in total. The topological polar surface area (TPSA) is 49.9 Å². The summed E-state index contributed by atoms with van der Waals surface area (Å²) in [6.07, 6.45) is 6.33. The smallest absolute Gasteiger partial charge is 0.308 e. The number of amides is 1. The summed E-state index contributed by atoms with van der Waals surface area (Å²) in [4.78, 5) is 28.4.